The van der Waals surface area contributed by atoms with E-state index in [1.807, 2.05) is 66.7 Å². The standard InChI is InChI=1S/C17H9Br2NO2.C13H14BrNO5.C8H6BrNO.C5H10O5.CH4/c18-9-2-1-8-5-13(16(21)11(8)6-9)15-17(22)12-7-10(19)3-4-14(12)20-15;14-6-1-2-8-7(3-6)9(4-15-8)19-13-12(18)11(17)10(5-16)20-13;9-5-1-2-7-6(3-5)8(11)4-10-7;6-1-2-3(7)4(8)5(9)10-2;/h1-4,6-7,20H,5H2;1-4,10-13,15-18H,5H2;1-4,10-11H;2-9H,1H2;1H4/b15-13-;;;;/t;10-,11?,12-,13+;;2-,3?,4-,5+;/m.0.0./s1. The fourth-order valence-electron chi connectivity index (χ4n) is 7.11. The smallest absolute Gasteiger partial charge is 0.229 e. The summed E-state index contributed by atoms with van der Waals surface area (Å²) in [6.45, 7) is -0.785. The van der Waals surface area contributed by atoms with Crippen LogP contribution < -0.4 is 10.1 Å². The first kappa shape index (κ1) is 49.4. The molecule has 8 atom stereocenters. The monoisotopic (exact) mass is 1140 g/mol. The Morgan fingerprint density at radius 2 is 1.19 bits per heavy atom. The molecular formula is C44H43Br4N3O13. The summed E-state index contributed by atoms with van der Waals surface area (Å²) in [6, 6.07) is 22.5. The number of aliphatic hydroxyl groups is 7. The van der Waals surface area contributed by atoms with Gasteiger partial charge >= 0.3 is 0 Å². The van der Waals surface area contributed by atoms with Crippen molar-refractivity contribution in [1.29, 1.82) is 0 Å². The molecule has 0 saturated carbocycles. The molecule has 2 fully saturated rings. The quantitative estimate of drug-likeness (QED) is 0.0912. The molecule has 64 heavy (non-hydrogen) atoms. The van der Waals surface area contributed by atoms with E-state index in [9.17, 15) is 24.9 Å². The normalized spacial score (nSPS) is 25.3. The number of hydrogen-bond acceptors (Lipinski definition) is 14. The topological polar surface area (TPSA) is 267 Å². The van der Waals surface area contributed by atoms with Crippen molar-refractivity contribution >= 4 is 103 Å². The molecule has 3 aliphatic heterocycles. The predicted molar refractivity (Wildman–Crippen MR) is 250 cm³/mol. The van der Waals surface area contributed by atoms with Gasteiger partial charge in [-0.05, 0) is 72.3 Å². The lowest BCUT2D eigenvalue weighted by Crippen LogP contribution is -2.35. The average Bonchev–Trinajstić information content (AvgIpc) is 4.11. The van der Waals surface area contributed by atoms with Crippen molar-refractivity contribution in [3.63, 3.8) is 0 Å². The number of anilines is 1. The van der Waals surface area contributed by atoms with Gasteiger partial charge < -0.3 is 70.3 Å². The summed E-state index contributed by atoms with van der Waals surface area (Å²) in [5.41, 5.74) is 5.77. The van der Waals surface area contributed by atoms with Crippen LogP contribution in [0.15, 0.2) is 114 Å². The Morgan fingerprint density at radius 1 is 0.641 bits per heavy atom. The fraction of sp³-hybridized carbons (Fsp3) is 0.273. The number of allylic oxidation sites excluding steroid dienone is 2. The highest BCUT2D eigenvalue weighted by Crippen LogP contribution is 2.37. The third-order valence-electron chi connectivity index (χ3n) is 10.5. The Bertz CT molecular complexity index is 2620. The molecule has 11 N–H and O–H groups in total. The average molecular weight is 1140 g/mol. The number of halogens is 4. The maximum atomic E-state index is 12.6. The Labute approximate surface area is 399 Å². The summed E-state index contributed by atoms with van der Waals surface area (Å²) in [5.74, 6) is 0.614. The van der Waals surface area contributed by atoms with Crippen LogP contribution in [0.2, 0.25) is 0 Å². The molecule has 0 spiro atoms. The third-order valence-corrected chi connectivity index (χ3v) is 12.4. The van der Waals surface area contributed by atoms with Crippen molar-refractivity contribution in [3.8, 4) is 11.5 Å². The molecule has 2 aromatic heterocycles. The van der Waals surface area contributed by atoms with Gasteiger partial charge in [-0.25, -0.2) is 0 Å². The van der Waals surface area contributed by atoms with Crippen LogP contribution in [0.3, 0.4) is 0 Å². The van der Waals surface area contributed by atoms with Gasteiger partial charge in [-0.3, -0.25) is 9.59 Å². The second-order valence-corrected chi connectivity index (χ2v) is 18.2. The van der Waals surface area contributed by atoms with Crippen LogP contribution in [-0.2, 0) is 15.9 Å². The van der Waals surface area contributed by atoms with Gasteiger partial charge in [0.15, 0.2) is 12.1 Å². The van der Waals surface area contributed by atoms with Crippen LogP contribution in [0.5, 0.6) is 11.5 Å². The minimum atomic E-state index is -1.38. The zero-order valence-electron chi connectivity index (χ0n) is 32.5. The Morgan fingerprint density at radius 3 is 1.80 bits per heavy atom. The van der Waals surface area contributed by atoms with Crippen LogP contribution in [-0.4, -0.2) is 125 Å². The number of carbonyl (C=O) groups excluding carboxylic acids is 2. The SMILES string of the molecule is C.O=C1/C(=C2\Nc3ccc(Br)cc3C2=O)Cc2ccc(Br)cc21.OC[C@@H]1O[C@@H](O)[C@@H](O)C1O.OC[C@@H]1O[C@@H](Oc2c[nH]c3ccc(Br)cc23)[C@@H](O)C1O.Oc1c[nH]c2ccc(Br)cc12. The number of ketones is 2. The molecule has 5 heterocycles. The summed E-state index contributed by atoms with van der Waals surface area (Å²) in [4.78, 5) is 31.2. The van der Waals surface area contributed by atoms with Gasteiger partial charge in [0.1, 0.15) is 48.1 Å². The van der Waals surface area contributed by atoms with E-state index >= 15 is 0 Å². The Hall–Kier alpha value is -4.00. The second-order valence-electron chi connectivity index (χ2n) is 14.6. The second kappa shape index (κ2) is 21.1. The van der Waals surface area contributed by atoms with Gasteiger partial charge in [-0.2, -0.15) is 0 Å². The number of ether oxygens (including phenoxy) is 3. The van der Waals surface area contributed by atoms with Gasteiger partial charge in [-0.1, -0.05) is 77.2 Å². The highest BCUT2D eigenvalue weighted by atomic mass is 79.9. The molecule has 2 unspecified atom stereocenters. The van der Waals surface area contributed by atoms with Gasteiger partial charge in [0.2, 0.25) is 12.1 Å². The number of aromatic nitrogens is 2. The Balaban J connectivity index is 0.000000149. The zero-order chi connectivity index (χ0) is 45.3. The zero-order valence-corrected chi connectivity index (χ0v) is 38.8. The highest BCUT2D eigenvalue weighted by Gasteiger charge is 2.44. The van der Waals surface area contributed by atoms with Crippen LogP contribution in [0, 0.1) is 0 Å². The van der Waals surface area contributed by atoms with E-state index < -0.39 is 55.8 Å². The number of benzene rings is 4. The number of hydrogen-bond donors (Lipinski definition) is 11. The molecule has 4 aliphatic rings. The van der Waals surface area contributed by atoms with Gasteiger partial charge in [0.25, 0.3) is 0 Å². The van der Waals surface area contributed by atoms with E-state index in [4.69, 9.17) is 35.0 Å². The highest BCUT2D eigenvalue weighted by molar-refractivity contribution is 9.11. The lowest BCUT2D eigenvalue weighted by molar-refractivity contribution is -0.132. The maximum absolute atomic E-state index is 12.6. The first-order valence-corrected chi connectivity index (χ1v) is 22.2. The molecule has 20 heteroatoms. The number of H-pyrrole nitrogens is 2. The molecule has 0 bridgehead atoms. The molecule has 6 aromatic rings. The van der Waals surface area contributed by atoms with Crippen molar-refractivity contribution in [2.75, 3.05) is 18.5 Å². The number of fused-ring (bicyclic) bond motifs is 4. The van der Waals surface area contributed by atoms with Crippen molar-refractivity contribution in [1.82, 2.24) is 9.97 Å². The number of nitrogens with one attached hydrogen (secondary N) is 3. The van der Waals surface area contributed by atoms with Gasteiger partial charge in [0, 0.05) is 80.9 Å². The summed E-state index contributed by atoms with van der Waals surface area (Å²) in [7, 11) is 0. The minimum absolute atomic E-state index is 0. The predicted octanol–water partition coefficient (Wildman–Crippen LogP) is 5.95. The first-order chi connectivity index (χ1) is 30.1. The molecule has 1 aliphatic carbocycles. The van der Waals surface area contributed by atoms with E-state index in [0.717, 1.165) is 50.9 Å². The summed E-state index contributed by atoms with van der Waals surface area (Å²) in [5, 5.41) is 77.6. The van der Waals surface area contributed by atoms with E-state index in [2.05, 4.69) is 83.7 Å². The number of aromatic hydroxyl groups is 1. The lowest BCUT2D eigenvalue weighted by Gasteiger charge is -2.16. The summed E-state index contributed by atoms with van der Waals surface area (Å²) < 4.78 is 19.0. The van der Waals surface area contributed by atoms with Crippen LogP contribution >= 0.6 is 63.7 Å². The summed E-state index contributed by atoms with van der Waals surface area (Å²) in [6.07, 6.45) is -5.25. The van der Waals surface area contributed by atoms with E-state index in [-0.39, 0.29) is 25.6 Å². The van der Waals surface area contributed by atoms with Crippen molar-refractivity contribution in [3.05, 3.63) is 131 Å². The lowest BCUT2D eigenvalue weighted by atomic mass is 10.1. The number of rotatable bonds is 4. The van der Waals surface area contributed by atoms with Crippen molar-refractivity contribution in [2.45, 2.75) is 63.1 Å². The molecule has 0 amide bonds. The maximum Gasteiger partial charge on any atom is 0.229 e. The summed E-state index contributed by atoms with van der Waals surface area (Å²) >= 11 is 13.5. The molecule has 340 valence electrons. The number of aromatic amines is 2. The van der Waals surface area contributed by atoms with E-state index in [0.29, 0.717) is 40.3 Å². The molecule has 4 aromatic carbocycles. The van der Waals surface area contributed by atoms with E-state index in [1.54, 1.807) is 18.5 Å². The number of Topliss-reactive ketones (excluding diaryl/α,β-unsaturated/α-hetero) is 2. The molecule has 16 nitrogen and oxygen atoms in total. The Kier molecular flexibility index (Phi) is 16.3. The molecular weight excluding hydrogens is 1100 g/mol. The van der Waals surface area contributed by atoms with Crippen LogP contribution in [0.1, 0.15) is 33.7 Å². The molecule has 10 rings (SSSR count). The van der Waals surface area contributed by atoms with E-state index in [1.165, 1.54) is 0 Å². The first-order valence-electron chi connectivity index (χ1n) is 19.1. The molecule has 0 radical (unpaired) electrons. The van der Waals surface area contributed by atoms with Crippen molar-refractivity contribution in [2.24, 2.45) is 0 Å². The number of carbonyl (C=O) groups is 2. The minimum Gasteiger partial charge on any atom is -0.506 e. The third kappa shape index (κ3) is 10.5. The molecule has 2 saturated heterocycles. The van der Waals surface area contributed by atoms with Gasteiger partial charge in [0.05, 0.1) is 18.9 Å². The van der Waals surface area contributed by atoms with Crippen LogP contribution in [0.25, 0.3) is 21.8 Å². The van der Waals surface area contributed by atoms with Crippen LogP contribution in [0.4, 0.5) is 5.69 Å². The van der Waals surface area contributed by atoms with Crippen molar-refractivity contribution < 1.29 is 64.7 Å². The largest absolute Gasteiger partial charge is 0.506 e. The van der Waals surface area contributed by atoms with Gasteiger partial charge in [-0.15, -0.1) is 0 Å². The fourth-order valence-corrected chi connectivity index (χ4v) is 8.56. The number of aliphatic hydroxyl groups excluding tert-OH is 7.